The van der Waals surface area contributed by atoms with E-state index < -0.39 is 27.9 Å². The van der Waals surface area contributed by atoms with Crippen molar-refractivity contribution in [1.82, 2.24) is 14.5 Å². The lowest BCUT2D eigenvalue weighted by atomic mass is 10.0. The molecule has 9 nitrogen and oxygen atoms in total. The van der Waals surface area contributed by atoms with Gasteiger partial charge in [-0.2, -0.15) is 0 Å². The third-order valence-electron chi connectivity index (χ3n) is 7.90. The number of hydrogen-bond acceptors (Lipinski definition) is 6. The van der Waals surface area contributed by atoms with Gasteiger partial charge in [-0.3, -0.25) is 14.4 Å². The molecular formula is C32H35N3O6S. The van der Waals surface area contributed by atoms with Gasteiger partial charge in [-0.25, -0.2) is 12.7 Å². The van der Waals surface area contributed by atoms with Gasteiger partial charge >= 0.3 is 0 Å². The van der Waals surface area contributed by atoms with Gasteiger partial charge in [-0.15, -0.1) is 0 Å². The summed E-state index contributed by atoms with van der Waals surface area (Å²) in [6.07, 6.45) is 3.88. The monoisotopic (exact) mass is 589 g/mol. The molecular weight excluding hydrogens is 554 g/mol. The minimum atomic E-state index is -4.07. The number of amides is 3. The van der Waals surface area contributed by atoms with Crippen LogP contribution in [0.2, 0.25) is 0 Å². The Morgan fingerprint density at radius 3 is 2.38 bits per heavy atom. The minimum absolute atomic E-state index is 0.0513. The summed E-state index contributed by atoms with van der Waals surface area (Å²) >= 11 is 0. The first-order chi connectivity index (χ1) is 20.3. The van der Waals surface area contributed by atoms with Crippen LogP contribution in [0.3, 0.4) is 0 Å². The number of benzene rings is 3. The Bertz CT molecular complexity index is 1550. The normalized spacial score (nSPS) is 16.6. The van der Waals surface area contributed by atoms with Crippen molar-refractivity contribution in [3.8, 4) is 5.75 Å². The molecule has 1 aliphatic carbocycles. The Morgan fingerprint density at radius 2 is 1.67 bits per heavy atom. The van der Waals surface area contributed by atoms with Gasteiger partial charge in [-0.1, -0.05) is 67.4 Å². The molecule has 1 N–H and O–H groups in total. The van der Waals surface area contributed by atoms with Crippen molar-refractivity contribution >= 4 is 27.7 Å². The fourth-order valence-electron chi connectivity index (χ4n) is 5.68. The highest BCUT2D eigenvalue weighted by Gasteiger charge is 2.41. The maximum absolute atomic E-state index is 14.0. The second-order valence-electron chi connectivity index (χ2n) is 10.7. The maximum Gasteiger partial charge on any atom is 0.269 e. The number of carbonyl (C=O) groups is 3. The number of carbonyl (C=O) groups excluding carboxylic acids is 3. The summed E-state index contributed by atoms with van der Waals surface area (Å²) < 4.78 is 32.4. The molecule has 1 saturated carbocycles. The van der Waals surface area contributed by atoms with Crippen LogP contribution < -0.4 is 10.1 Å². The van der Waals surface area contributed by atoms with Gasteiger partial charge in [0.25, 0.3) is 15.9 Å². The first-order valence-electron chi connectivity index (χ1n) is 14.2. The van der Waals surface area contributed by atoms with Crippen molar-refractivity contribution in [1.29, 1.82) is 0 Å². The van der Waals surface area contributed by atoms with Gasteiger partial charge in [0.05, 0.1) is 12.7 Å². The molecule has 0 bridgehead atoms. The van der Waals surface area contributed by atoms with Crippen LogP contribution >= 0.6 is 0 Å². The Hall–Kier alpha value is -4.18. The van der Waals surface area contributed by atoms with Gasteiger partial charge in [0.15, 0.2) is 0 Å². The molecule has 1 heterocycles. The highest BCUT2D eigenvalue weighted by Crippen LogP contribution is 2.30. The Morgan fingerprint density at radius 1 is 0.976 bits per heavy atom. The summed E-state index contributed by atoms with van der Waals surface area (Å²) in [6.45, 7) is -0.224. The largest absolute Gasteiger partial charge is 0.497 e. The third-order valence-corrected chi connectivity index (χ3v) is 9.74. The molecule has 0 unspecified atom stereocenters. The average molecular weight is 590 g/mol. The highest BCUT2D eigenvalue weighted by molar-refractivity contribution is 7.90. The van der Waals surface area contributed by atoms with Crippen molar-refractivity contribution in [2.24, 2.45) is 0 Å². The summed E-state index contributed by atoms with van der Waals surface area (Å²) in [6, 6.07) is 22.0. The molecule has 1 atom stereocenters. The smallest absolute Gasteiger partial charge is 0.269 e. The Labute approximate surface area is 246 Å². The van der Waals surface area contributed by atoms with Crippen LogP contribution in [0.15, 0.2) is 83.8 Å². The predicted molar refractivity (Wildman–Crippen MR) is 157 cm³/mol. The number of methoxy groups -OCH3 is 1. The van der Waals surface area contributed by atoms with Crippen LogP contribution in [0.25, 0.3) is 0 Å². The van der Waals surface area contributed by atoms with E-state index in [4.69, 9.17) is 4.74 Å². The van der Waals surface area contributed by atoms with E-state index >= 15 is 0 Å². The summed E-state index contributed by atoms with van der Waals surface area (Å²) in [4.78, 5) is 42.3. The molecule has 1 aliphatic heterocycles. The molecule has 10 heteroatoms. The second-order valence-corrected chi connectivity index (χ2v) is 12.5. The quantitative estimate of drug-likeness (QED) is 0.363. The van der Waals surface area contributed by atoms with Crippen molar-refractivity contribution in [2.45, 2.75) is 62.0 Å². The number of rotatable bonds is 11. The highest BCUT2D eigenvalue weighted by atomic mass is 32.2. The molecule has 0 spiro atoms. The van der Waals surface area contributed by atoms with E-state index in [1.165, 1.54) is 17.0 Å². The fourth-order valence-corrected chi connectivity index (χ4v) is 7.25. The number of nitrogens with one attached hydrogen (secondary N) is 1. The summed E-state index contributed by atoms with van der Waals surface area (Å²) in [5.41, 5.74) is 1.74. The molecule has 3 aromatic rings. The fraction of sp³-hybridized carbons (Fsp3) is 0.344. The van der Waals surface area contributed by atoms with Gasteiger partial charge in [0.2, 0.25) is 11.8 Å². The van der Waals surface area contributed by atoms with Gasteiger partial charge in [0.1, 0.15) is 16.7 Å². The van der Waals surface area contributed by atoms with E-state index in [1.807, 2.05) is 42.5 Å². The van der Waals surface area contributed by atoms with Gasteiger partial charge in [-0.05, 0) is 48.2 Å². The third kappa shape index (κ3) is 6.33. The van der Waals surface area contributed by atoms with Crippen LogP contribution in [0, 0.1) is 0 Å². The summed E-state index contributed by atoms with van der Waals surface area (Å²) in [5.74, 6) is -0.724. The van der Waals surface area contributed by atoms with Gasteiger partial charge in [0, 0.05) is 32.0 Å². The van der Waals surface area contributed by atoms with Crippen molar-refractivity contribution in [3.05, 3.63) is 95.6 Å². The first-order valence-corrected chi connectivity index (χ1v) is 15.6. The molecule has 42 heavy (non-hydrogen) atoms. The number of ether oxygens (including phenoxy) is 1. The SMILES string of the molecule is COc1cccc(CN(C(=O)CCN2C(=O)c3ccccc3S2(=O)=O)[C@@H](Cc2ccccc2)C(=O)NC2CCCC2)c1. The van der Waals surface area contributed by atoms with Gasteiger partial charge < -0.3 is 15.0 Å². The topological polar surface area (TPSA) is 113 Å². The number of fused-ring (bicyclic) bond motifs is 1. The van der Waals surface area contributed by atoms with E-state index in [-0.39, 0.29) is 48.3 Å². The summed E-state index contributed by atoms with van der Waals surface area (Å²) in [7, 11) is -2.51. The number of nitrogens with zero attached hydrogens (tertiary/aromatic N) is 2. The average Bonchev–Trinajstić information content (AvgIpc) is 3.58. The van der Waals surface area contributed by atoms with Crippen LogP contribution in [0.5, 0.6) is 5.75 Å². The van der Waals surface area contributed by atoms with Crippen molar-refractivity contribution in [2.75, 3.05) is 13.7 Å². The molecule has 1 fully saturated rings. The van der Waals surface area contributed by atoms with E-state index in [9.17, 15) is 22.8 Å². The van der Waals surface area contributed by atoms with Crippen LogP contribution in [0.4, 0.5) is 0 Å². The van der Waals surface area contributed by atoms with Crippen molar-refractivity contribution in [3.63, 3.8) is 0 Å². The van der Waals surface area contributed by atoms with Crippen molar-refractivity contribution < 1.29 is 27.5 Å². The number of hydrogen-bond donors (Lipinski definition) is 1. The molecule has 3 aromatic carbocycles. The molecule has 2 aliphatic rings. The first kappa shape index (κ1) is 29.3. The molecule has 5 rings (SSSR count). The standard InChI is InChI=1S/C32H35N3O6S/c1-41-26-15-9-12-24(20-26)22-34(28(21-23-10-3-2-4-11-23)31(37)33-25-13-5-6-14-25)30(36)18-19-35-32(38)27-16-7-8-17-29(27)42(35,39)40/h2-4,7-12,15-17,20,25,28H,5-6,13-14,18-19,21-22H2,1H3,(H,33,37)/t28-/m0/s1. The Kier molecular flexibility index (Phi) is 8.91. The zero-order chi connectivity index (χ0) is 29.7. The van der Waals surface area contributed by atoms with E-state index in [0.717, 1.165) is 41.1 Å². The zero-order valence-corrected chi connectivity index (χ0v) is 24.4. The second kappa shape index (κ2) is 12.8. The minimum Gasteiger partial charge on any atom is -0.497 e. The summed E-state index contributed by atoms with van der Waals surface area (Å²) in [5, 5.41) is 3.15. The van der Waals surface area contributed by atoms with Crippen LogP contribution in [-0.2, 0) is 32.6 Å². The lowest BCUT2D eigenvalue weighted by molar-refractivity contribution is -0.141. The van der Waals surface area contributed by atoms with E-state index in [2.05, 4.69) is 5.32 Å². The maximum atomic E-state index is 14.0. The van der Waals surface area contributed by atoms with E-state index in [0.29, 0.717) is 5.75 Å². The molecule has 0 saturated heterocycles. The lowest BCUT2D eigenvalue weighted by Crippen LogP contribution is -2.52. The molecule has 3 amide bonds. The number of sulfonamides is 1. The molecule has 0 radical (unpaired) electrons. The lowest BCUT2D eigenvalue weighted by Gasteiger charge is -2.33. The zero-order valence-electron chi connectivity index (χ0n) is 23.6. The molecule has 0 aromatic heterocycles. The van der Waals surface area contributed by atoms with Crippen LogP contribution in [0.1, 0.15) is 53.6 Å². The predicted octanol–water partition coefficient (Wildman–Crippen LogP) is 3.93. The Balaban J connectivity index is 1.44. The molecule has 220 valence electrons. The van der Waals surface area contributed by atoms with E-state index in [1.54, 1.807) is 31.4 Å². The van der Waals surface area contributed by atoms with Crippen LogP contribution in [-0.4, -0.2) is 61.1 Å².